The topological polar surface area (TPSA) is 65.5 Å². The Morgan fingerprint density at radius 3 is 2.48 bits per heavy atom. The van der Waals surface area contributed by atoms with Gasteiger partial charge in [-0.15, -0.1) is 0 Å². The number of carbonyl (C=O) groups excluding carboxylic acids is 2. The summed E-state index contributed by atoms with van der Waals surface area (Å²) in [5.41, 5.74) is 3.09. The second-order valence-corrected chi connectivity index (χ2v) is 7.43. The first-order valence-corrected chi connectivity index (χ1v) is 10.2. The highest BCUT2D eigenvalue weighted by Gasteiger charge is 2.26. The van der Waals surface area contributed by atoms with Crippen LogP contribution in [0.3, 0.4) is 0 Å². The Morgan fingerprint density at radius 1 is 1.00 bits per heavy atom. The minimum Gasteiger partial charge on any atom is -0.348 e. The highest BCUT2D eigenvalue weighted by molar-refractivity contribution is 5.96. The highest BCUT2D eigenvalue weighted by atomic mass is 19.1. The number of amides is 3. The van der Waals surface area contributed by atoms with Gasteiger partial charge in [0, 0.05) is 49.8 Å². The molecule has 1 saturated heterocycles. The maximum absolute atomic E-state index is 13.1. The van der Waals surface area contributed by atoms with Crippen LogP contribution in [0.1, 0.15) is 27.9 Å². The van der Waals surface area contributed by atoms with Gasteiger partial charge in [0.2, 0.25) is 0 Å². The molecule has 158 valence electrons. The van der Waals surface area contributed by atoms with Crippen LogP contribution in [-0.2, 0) is 13.1 Å². The number of benzene rings is 2. The van der Waals surface area contributed by atoms with Gasteiger partial charge < -0.3 is 10.2 Å². The molecule has 1 fully saturated rings. The van der Waals surface area contributed by atoms with Crippen molar-refractivity contribution in [2.75, 3.05) is 18.0 Å². The van der Waals surface area contributed by atoms with E-state index in [1.165, 1.54) is 12.1 Å². The maximum atomic E-state index is 13.1. The molecule has 1 aliphatic rings. The van der Waals surface area contributed by atoms with Gasteiger partial charge in [0.05, 0.1) is 0 Å². The van der Waals surface area contributed by atoms with Gasteiger partial charge in [0.1, 0.15) is 5.82 Å². The summed E-state index contributed by atoms with van der Waals surface area (Å²) < 4.78 is 13.1. The van der Waals surface area contributed by atoms with Crippen LogP contribution in [0, 0.1) is 5.82 Å². The van der Waals surface area contributed by atoms with Gasteiger partial charge in [0.25, 0.3) is 5.91 Å². The molecule has 0 radical (unpaired) electrons. The Morgan fingerprint density at radius 2 is 1.77 bits per heavy atom. The molecule has 3 aromatic rings. The Labute approximate surface area is 180 Å². The molecule has 0 unspecified atom stereocenters. The summed E-state index contributed by atoms with van der Waals surface area (Å²) in [4.78, 5) is 32.9. The van der Waals surface area contributed by atoms with Gasteiger partial charge in [-0.05, 0) is 60.0 Å². The maximum Gasteiger partial charge on any atom is 0.324 e. The second-order valence-electron chi connectivity index (χ2n) is 7.43. The van der Waals surface area contributed by atoms with Gasteiger partial charge in [-0.1, -0.05) is 18.2 Å². The molecular formula is C24H23FN4O2. The largest absolute Gasteiger partial charge is 0.348 e. The molecule has 0 atom stereocenters. The van der Waals surface area contributed by atoms with Crippen LogP contribution in [0.2, 0.25) is 0 Å². The number of halogens is 1. The molecule has 3 amide bonds. The minimum absolute atomic E-state index is 0.0932. The third-order valence-corrected chi connectivity index (χ3v) is 5.21. The fourth-order valence-corrected chi connectivity index (χ4v) is 3.56. The quantitative estimate of drug-likeness (QED) is 0.659. The van der Waals surface area contributed by atoms with E-state index in [2.05, 4.69) is 10.3 Å². The van der Waals surface area contributed by atoms with E-state index in [9.17, 15) is 14.0 Å². The summed E-state index contributed by atoms with van der Waals surface area (Å²) in [5.74, 6) is -0.474. The zero-order valence-corrected chi connectivity index (χ0v) is 17.0. The molecule has 2 aromatic carbocycles. The standard InChI is InChI=1S/C24H23FN4O2/c25-21-8-4-18(5-9-21)17-28-13-2-14-29(24(28)31)22-10-6-20(7-11-22)23(30)27-16-19-3-1-12-26-15-19/h1,3-12,15H,2,13-14,16-17H2,(H,27,30). The summed E-state index contributed by atoms with van der Waals surface area (Å²) in [5, 5.41) is 2.87. The van der Waals surface area contributed by atoms with Crippen molar-refractivity contribution < 1.29 is 14.0 Å². The van der Waals surface area contributed by atoms with E-state index in [0.29, 0.717) is 31.7 Å². The second kappa shape index (κ2) is 9.38. The lowest BCUT2D eigenvalue weighted by molar-refractivity contribution is 0.0951. The Hall–Kier alpha value is -3.74. The number of anilines is 1. The molecule has 0 saturated carbocycles. The SMILES string of the molecule is O=C(NCc1cccnc1)c1ccc(N2CCCN(Cc3ccc(F)cc3)C2=O)cc1. The van der Waals surface area contributed by atoms with Crippen molar-refractivity contribution in [1.29, 1.82) is 0 Å². The zero-order chi connectivity index (χ0) is 21.6. The normalized spacial score (nSPS) is 13.9. The van der Waals surface area contributed by atoms with Gasteiger partial charge in [-0.25, -0.2) is 9.18 Å². The summed E-state index contributed by atoms with van der Waals surface area (Å²) in [7, 11) is 0. The number of rotatable bonds is 6. The van der Waals surface area contributed by atoms with E-state index in [0.717, 1.165) is 23.2 Å². The number of nitrogens with zero attached hydrogens (tertiary/aromatic N) is 3. The van der Waals surface area contributed by atoms with Crippen molar-refractivity contribution in [1.82, 2.24) is 15.2 Å². The predicted molar refractivity (Wildman–Crippen MR) is 116 cm³/mol. The molecule has 1 aromatic heterocycles. The van der Waals surface area contributed by atoms with E-state index in [-0.39, 0.29) is 17.8 Å². The first kappa shape index (κ1) is 20.5. The lowest BCUT2D eigenvalue weighted by Gasteiger charge is -2.35. The minimum atomic E-state index is -0.292. The van der Waals surface area contributed by atoms with Crippen LogP contribution < -0.4 is 10.2 Å². The van der Waals surface area contributed by atoms with Crippen LogP contribution in [-0.4, -0.2) is 34.9 Å². The molecule has 1 aliphatic heterocycles. The fourth-order valence-electron chi connectivity index (χ4n) is 3.56. The van der Waals surface area contributed by atoms with Crippen molar-refractivity contribution in [3.05, 3.63) is 95.6 Å². The van der Waals surface area contributed by atoms with E-state index >= 15 is 0 Å². The van der Waals surface area contributed by atoms with Gasteiger partial charge in [-0.3, -0.25) is 14.7 Å². The van der Waals surface area contributed by atoms with E-state index < -0.39 is 0 Å². The van der Waals surface area contributed by atoms with Crippen molar-refractivity contribution in [3.63, 3.8) is 0 Å². The fraction of sp³-hybridized carbons (Fsp3) is 0.208. The number of aromatic nitrogens is 1. The zero-order valence-electron chi connectivity index (χ0n) is 17.0. The first-order valence-electron chi connectivity index (χ1n) is 10.2. The van der Waals surface area contributed by atoms with Crippen molar-refractivity contribution in [2.24, 2.45) is 0 Å². The lowest BCUT2D eigenvalue weighted by atomic mass is 10.1. The molecule has 2 heterocycles. The number of urea groups is 1. The number of hydrogen-bond donors (Lipinski definition) is 1. The summed E-state index contributed by atoms with van der Waals surface area (Å²) >= 11 is 0. The van der Waals surface area contributed by atoms with E-state index in [1.54, 1.807) is 58.6 Å². The molecule has 6 nitrogen and oxygen atoms in total. The monoisotopic (exact) mass is 418 g/mol. The number of carbonyl (C=O) groups is 2. The van der Waals surface area contributed by atoms with E-state index in [4.69, 9.17) is 0 Å². The molecule has 0 spiro atoms. The summed E-state index contributed by atoms with van der Waals surface area (Å²) in [6, 6.07) is 16.8. The Kier molecular flexibility index (Phi) is 6.21. The van der Waals surface area contributed by atoms with Gasteiger partial charge in [-0.2, -0.15) is 0 Å². The third kappa shape index (κ3) is 5.06. The van der Waals surface area contributed by atoms with Crippen LogP contribution in [0.5, 0.6) is 0 Å². The third-order valence-electron chi connectivity index (χ3n) is 5.21. The van der Waals surface area contributed by atoms with Crippen LogP contribution >= 0.6 is 0 Å². The number of nitrogens with one attached hydrogen (secondary N) is 1. The predicted octanol–water partition coefficient (Wildman–Crippen LogP) is 3.98. The van der Waals surface area contributed by atoms with Crippen LogP contribution in [0.15, 0.2) is 73.1 Å². The number of pyridine rings is 1. The van der Waals surface area contributed by atoms with Crippen molar-refractivity contribution >= 4 is 17.6 Å². The molecule has 0 bridgehead atoms. The van der Waals surface area contributed by atoms with Crippen LogP contribution in [0.25, 0.3) is 0 Å². The van der Waals surface area contributed by atoms with Crippen molar-refractivity contribution in [3.8, 4) is 0 Å². The molecular weight excluding hydrogens is 395 g/mol. The molecule has 1 N–H and O–H groups in total. The van der Waals surface area contributed by atoms with Crippen LogP contribution in [0.4, 0.5) is 14.9 Å². The highest BCUT2D eigenvalue weighted by Crippen LogP contribution is 2.22. The van der Waals surface area contributed by atoms with Gasteiger partial charge in [0.15, 0.2) is 0 Å². The Bertz CT molecular complexity index is 1040. The molecule has 4 rings (SSSR count). The average Bonchev–Trinajstić information content (AvgIpc) is 2.81. The first-order chi connectivity index (χ1) is 15.1. The molecule has 31 heavy (non-hydrogen) atoms. The number of hydrogen-bond acceptors (Lipinski definition) is 3. The molecule has 7 heteroatoms. The van der Waals surface area contributed by atoms with E-state index in [1.807, 2.05) is 12.1 Å². The van der Waals surface area contributed by atoms with Gasteiger partial charge >= 0.3 is 6.03 Å². The smallest absolute Gasteiger partial charge is 0.324 e. The Balaban J connectivity index is 1.38. The van der Waals surface area contributed by atoms with Crippen molar-refractivity contribution in [2.45, 2.75) is 19.5 Å². The average molecular weight is 418 g/mol. The summed E-state index contributed by atoms with van der Waals surface area (Å²) in [6.07, 6.45) is 4.23. The summed E-state index contributed by atoms with van der Waals surface area (Å²) in [6.45, 7) is 2.11. The lowest BCUT2D eigenvalue weighted by Crippen LogP contribution is -2.49. The molecule has 0 aliphatic carbocycles.